The first-order chi connectivity index (χ1) is 8.54. The van der Waals surface area contributed by atoms with Gasteiger partial charge in [-0.05, 0) is 0 Å². The Morgan fingerprint density at radius 1 is 1.39 bits per heavy atom. The molecule has 8 heteroatoms. The van der Waals surface area contributed by atoms with Crippen molar-refractivity contribution in [2.45, 2.75) is 19.1 Å². The van der Waals surface area contributed by atoms with E-state index in [-0.39, 0.29) is 36.6 Å². The van der Waals surface area contributed by atoms with Gasteiger partial charge in [-0.25, -0.2) is 9.89 Å². The average Bonchev–Trinajstić information content (AvgIpc) is 2.62. The molecule has 1 saturated heterocycles. The van der Waals surface area contributed by atoms with Gasteiger partial charge in [-0.3, -0.25) is 15.3 Å². The predicted octanol–water partition coefficient (Wildman–Crippen LogP) is -1.45. The minimum Gasteiger partial charge on any atom is -0.368 e. The van der Waals surface area contributed by atoms with Gasteiger partial charge < -0.3 is 10.6 Å². The molecule has 0 aromatic rings. The number of imide groups is 1. The molecule has 1 fully saturated rings. The standard InChI is InChI=1S/C10H14N6O2/c1-2-5-15-9(12)13-8(11)14-10(15)16-6(17)3-4-7(16)18/h2,9H,1,3-5,12H2,(H2,11,13). The zero-order chi connectivity index (χ0) is 13.3. The molecule has 96 valence electrons. The third-order valence-electron chi connectivity index (χ3n) is 2.63. The van der Waals surface area contributed by atoms with Crippen LogP contribution in [0.3, 0.4) is 0 Å². The van der Waals surface area contributed by atoms with Crippen LogP contribution >= 0.6 is 0 Å². The monoisotopic (exact) mass is 250 g/mol. The van der Waals surface area contributed by atoms with Crippen molar-refractivity contribution >= 4 is 23.7 Å². The Bertz CT molecular complexity index is 453. The third kappa shape index (κ3) is 1.97. The van der Waals surface area contributed by atoms with Crippen molar-refractivity contribution in [2.24, 2.45) is 21.5 Å². The number of rotatable bonds is 2. The molecular weight excluding hydrogens is 236 g/mol. The van der Waals surface area contributed by atoms with Crippen LogP contribution in [0.2, 0.25) is 0 Å². The van der Waals surface area contributed by atoms with Crippen LogP contribution in [-0.2, 0) is 9.59 Å². The highest BCUT2D eigenvalue weighted by Crippen LogP contribution is 2.17. The summed E-state index contributed by atoms with van der Waals surface area (Å²) in [7, 11) is 0. The number of aliphatic imine (C=N–C) groups is 2. The second-order valence-electron chi connectivity index (χ2n) is 3.88. The molecule has 2 heterocycles. The van der Waals surface area contributed by atoms with Crippen molar-refractivity contribution in [1.29, 1.82) is 0 Å². The molecule has 1 unspecified atom stereocenters. The van der Waals surface area contributed by atoms with Gasteiger partial charge in [0.15, 0.2) is 6.29 Å². The summed E-state index contributed by atoms with van der Waals surface area (Å²) >= 11 is 0. The highest BCUT2D eigenvalue weighted by molar-refractivity contribution is 6.18. The lowest BCUT2D eigenvalue weighted by molar-refractivity contribution is -0.134. The molecule has 0 aromatic carbocycles. The molecule has 2 aliphatic rings. The van der Waals surface area contributed by atoms with E-state index >= 15 is 0 Å². The number of hydrogen-bond acceptors (Lipinski definition) is 7. The van der Waals surface area contributed by atoms with Crippen molar-refractivity contribution in [3.05, 3.63) is 12.7 Å². The second-order valence-corrected chi connectivity index (χ2v) is 3.88. The van der Waals surface area contributed by atoms with Gasteiger partial charge in [-0.1, -0.05) is 6.08 Å². The minimum absolute atomic E-state index is 0.0506. The topological polar surface area (TPSA) is 117 Å². The van der Waals surface area contributed by atoms with E-state index in [4.69, 9.17) is 11.5 Å². The van der Waals surface area contributed by atoms with E-state index in [1.54, 1.807) is 6.08 Å². The van der Waals surface area contributed by atoms with E-state index in [0.29, 0.717) is 6.54 Å². The van der Waals surface area contributed by atoms with E-state index in [1.165, 1.54) is 4.90 Å². The van der Waals surface area contributed by atoms with Gasteiger partial charge in [0.05, 0.1) is 0 Å². The number of nitrogens with two attached hydrogens (primary N) is 2. The van der Waals surface area contributed by atoms with Crippen LogP contribution in [0.15, 0.2) is 22.6 Å². The number of amides is 2. The lowest BCUT2D eigenvalue weighted by Gasteiger charge is -2.33. The number of hydrogen-bond donors (Lipinski definition) is 2. The summed E-state index contributed by atoms with van der Waals surface area (Å²) in [5.41, 5.74) is 11.3. The molecule has 4 N–H and O–H groups in total. The smallest absolute Gasteiger partial charge is 0.236 e. The molecule has 0 bridgehead atoms. The maximum absolute atomic E-state index is 11.7. The van der Waals surface area contributed by atoms with Crippen molar-refractivity contribution in [3.8, 4) is 0 Å². The molecule has 1 atom stereocenters. The van der Waals surface area contributed by atoms with Gasteiger partial charge in [0.2, 0.25) is 23.7 Å². The van der Waals surface area contributed by atoms with Crippen LogP contribution in [0, 0.1) is 0 Å². The first-order valence-corrected chi connectivity index (χ1v) is 5.45. The highest BCUT2D eigenvalue weighted by atomic mass is 16.2. The van der Waals surface area contributed by atoms with Gasteiger partial charge in [-0.2, -0.15) is 4.99 Å². The number of guanidine groups is 2. The van der Waals surface area contributed by atoms with Crippen LogP contribution in [0.5, 0.6) is 0 Å². The van der Waals surface area contributed by atoms with Crippen molar-refractivity contribution < 1.29 is 9.59 Å². The summed E-state index contributed by atoms with van der Waals surface area (Å²) < 4.78 is 0. The number of nitrogens with zero attached hydrogens (tertiary/aromatic N) is 4. The van der Waals surface area contributed by atoms with Crippen LogP contribution in [-0.4, -0.2) is 46.4 Å². The van der Waals surface area contributed by atoms with Gasteiger partial charge in [0.1, 0.15) is 0 Å². The third-order valence-corrected chi connectivity index (χ3v) is 2.63. The lowest BCUT2D eigenvalue weighted by Crippen LogP contribution is -2.56. The Labute approximate surface area is 104 Å². The lowest BCUT2D eigenvalue weighted by atomic mass is 10.4. The Kier molecular flexibility index (Phi) is 3.11. The summed E-state index contributed by atoms with van der Waals surface area (Å²) in [6.45, 7) is 3.90. The van der Waals surface area contributed by atoms with E-state index in [0.717, 1.165) is 4.90 Å². The summed E-state index contributed by atoms with van der Waals surface area (Å²) in [6, 6.07) is 0. The molecule has 2 aliphatic heterocycles. The molecule has 0 aromatic heterocycles. The van der Waals surface area contributed by atoms with Gasteiger partial charge in [-0.15, -0.1) is 6.58 Å². The first kappa shape index (κ1) is 12.2. The molecule has 2 amide bonds. The Balaban J connectivity index is 2.37. The molecule has 0 aliphatic carbocycles. The summed E-state index contributed by atoms with van der Waals surface area (Å²) in [6.07, 6.45) is 1.15. The van der Waals surface area contributed by atoms with Crippen LogP contribution in [0.4, 0.5) is 0 Å². The van der Waals surface area contributed by atoms with Crippen LogP contribution < -0.4 is 11.5 Å². The fraction of sp³-hybridized carbons (Fsp3) is 0.400. The van der Waals surface area contributed by atoms with E-state index in [9.17, 15) is 9.59 Å². The molecule has 0 spiro atoms. The quantitative estimate of drug-likeness (QED) is 0.459. The van der Waals surface area contributed by atoms with Crippen molar-refractivity contribution in [3.63, 3.8) is 0 Å². The first-order valence-electron chi connectivity index (χ1n) is 5.45. The Hall–Kier alpha value is -2.22. The molecule has 0 saturated carbocycles. The van der Waals surface area contributed by atoms with Gasteiger partial charge >= 0.3 is 0 Å². The Morgan fingerprint density at radius 3 is 2.56 bits per heavy atom. The predicted molar refractivity (Wildman–Crippen MR) is 65.0 cm³/mol. The van der Waals surface area contributed by atoms with E-state index < -0.39 is 6.29 Å². The average molecular weight is 250 g/mol. The SMILES string of the molecule is C=CCN1C(N2C(=O)CCC2=O)=NC(N)=NC1N. The fourth-order valence-corrected chi connectivity index (χ4v) is 1.83. The fourth-order valence-electron chi connectivity index (χ4n) is 1.83. The maximum Gasteiger partial charge on any atom is 0.236 e. The van der Waals surface area contributed by atoms with E-state index in [1.807, 2.05) is 0 Å². The minimum atomic E-state index is -0.781. The van der Waals surface area contributed by atoms with Crippen molar-refractivity contribution in [2.75, 3.05) is 6.54 Å². The molecule has 18 heavy (non-hydrogen) atoms. The summed E-state index contributed by atoms with van der Waals surface area (Å²) in [4.78, 5) is 33.7. The Morgan fingerprint density at radius 2 is 2.00 bits per heavy atom. The van der Waals surface area contributed by atoms with Crippen LogP contribution in [0.25, 0.3) is 0 Å². The van der Waals surface area contributed by atoms with E-state index in [2.05, 4.69) is 16.6 Å². The van der Waals surface area contributed by atoms with Crippen LogP contribution in [0.1, 0.15) is 12.8 Å². The van der Waals surface area contributed by atoms with Crippen molar-refractivity contribution in [1.82, 2.24) is 9.80 Å². The normalized spacial score (nSPS) is 24.2. The zero-order valence-corrected chi connectivity index (χ0v) is 9.74. The molecule has 0 radical (unpaired) electrons. The largest absolute Gasteiger partial charge is 0.368 e. The second kappa shape index (κ2) is 4.57. The highest BCUT2D eigenvalue weighted by Gasteiger charge is 2.38. The molecule has 8 nitrogen and oxygen atoms in total. The molecule has 2 rings (SSSR count). The summed E-state index contributed by atoms with van der Waals surface area (Å²) in [5.74, 6) is -0.544. The zero-order valence-electron chi connectivity index (χ0n) is 9.74. The van der Waals surface area contributed by atoms with Gasteiger partial charge in [0.25, 0.3) is 0 Å². The summed E-state index contributed by atoms with van der Waals surface area (Å²) in [5, 5.41) is 0. The van der Waals surface area contributed by atoms with Gasteiger partial charge in [0, 0.05) is 19.4 Å². The molecular formula is C10H14N6O2. The maximum atomic E-state index is 11.7. The number of likely N-dealkylation sites (tertiary alicyclic amines) is 1. The number of carbonyl (C=O) groups is 2. The number of carbonyl (C=O) groups excluding carboxylic acids is 2.